The molecule has 1 aliphatic rings. The van der Waals surface area contributed by atoms with Gasteiger partial charge in [-0.05, 0) is 31.6 Å². The quantitative estimate of drug-likeness (QED) is 0.649. The second-order valence-corrected chi connectivity index (χ2v) is 4.63. The van der Waals surface area contributed by atoms with Crippen LogP contribution in [0.5, 0.6) is 0 Å². The smallest absolute Gasteiger partial charge is 0.00390 e. The van der Waals surface area contributed by atoms with Crippen LogP contribution in [-0.2, 0) is 0 Å². The van der Waals surface area contributed by atoms with Crippen LogP contribution in [0.2, 0.25) is 0 Å². The minimum atomic E-state index is 0.520. The van der Waals surface area contributed by atoms with Crippen LogP contribution in [0, 0.1) is 5.92 Å². The highest BCUT2D eigenvalue weighted by molar-refractivity contribution is 4.74. The first-order valence-electron chi connectivity index (χ1n) is 6.08. The fraction of sp³-hybridized carbons (Fsp3) is 1.00. The molecule has 0 atom stereocenters. The van der Waals surface area contributed by atoms with Gasteiger partial charge in [-0.15, -0.1) is 0 Å². The number of nitrogens with two attached hydrogens (primary N) is 1. The topological polar surface area (TPSA) is 26.0 Å². The normalized spacial score (nSPS) is 29.1. The molecule has 0 heterocycles. The molecular weight excluding hydrogens is 158 g/mol. The maximum Gasteiger partial charge on any atom is 0.00390 e. The van der Waals surface area contributed by atoms with Gasteiger partial charge in [-0.1, -0.05) is 39.0 Å². The van der Waals surface area contributed by atoms with E-state index in [1.165, 1.54) is 57.8 Å². The van der Waals surface area contributed by atoms with E-state index in [4.69, 9.17) is 5.73 Å². The van der Waals surface area contributed by atoms with Crippen molar-refractivity contribution in [1.82, 2.24) is 0 Å². The zero-order valence-corrected chi connectivity index (χ0v) is 9.10. The molecule has 0 unspecified atom stereocenters. The van der Waals surface area contributed by atoms with Gasteiger partial charge in [-0.3, -0.25) is 0 Å². The van der Waals surface area contributed by atoms with Crippen LogP contribution in [0.3, 0.4) is 0 Å². The van der Waals surface area contributed by atoms with Crippen LogP contribution in [-0.4, -0.2) is 6.04 Å². The van der Waals surface area contributed by atoms with Gasteiger partial charge in [0.1, 0.15) is 0 Å². The summed E-state index contributed by atoms with van der Waals surface area (Å²) in [7, 11) is 0. The predicted molar refractivity (Wildman–Crippen MR) is 58.7 cm³/mol. The van der Waals surface area contributed by atoms with Crippen LogP contribution < -0.4 is 5.73 Å². The Morgan fingerprint density at radius 3 is 2.31 bits per heavy atom. The number of rotatable bonds is 5. The van der Waals surface area contributed by atoms with E-state index in [9.17, 15) is 0 Å². The van der Waals surface area contributed by atoms with Gasteiger partial charge < -0.3 is 5.73 Å². The van der Waals surface area contributed by atoms with Gasteiger partial charge >= 0.3 is 0 Å². The van der Waals surface area contributed by atoms with Crippen molar-refractivity contribution in [2.45, 2.75) is 70.8 Å². The first-order chi connectivity index (χ1) is 6.33. The van der Waals surface area contributed by atoms with E-state index in [1.54, 1.807) is 0 Å². The Kier molecular flexibility index (Phi) is 5.45. The van der Waals surface area contributed by atoms with E-state index in [-0.39, 0.29) is 0 Å². The van der Waals surface area contributed by atoms with Gasteiger partial charge in [0.25, 0.3) is 0 Å². The highest BCUT2D eigenvalue weighted by Crippen LogP contribution is 2.27. The number of hydrogen-bond acceptors (Lipinski definition) is 1. The molecule has 1 heteroatoms. The van der Waals surface area contributed by atoms with E-state index in [2.05, 4.69) is 6.92 Å². The summed E-state index contributed by atoms with van der Waals surface area (Å²) < 4.78 is 0. The average molecular weight is 183 g/mol. The third-order valence-electron chi connectivity index (χ3n) is 3.36. The fourth-order valence-electron chi connectivity index (χ4n) is 2.34. The summed E-state index contributed by atoms with van der Waals surface area (Å²) >= 11 is 0. The summed E-state index contributed by atoms with van der Waals surface area (Å²) in [6.45, 7) is 2.28. The monoisotopic (exact) mass is 183 g/mol. The zero-order valence-electron chi connectivity index (χ0n) is 9.10. The molecule has 1 rings (SSSR count). The van der Waals surface area contributed by atoms with Gasteiger partial charge in [-0.25, -0.2) is 0 Å². The van der Waals surface area contributed by atoms with E-state index >= 15 is 0 Å². The lowest BCUT2D eigenvalue weighted by Crippen LogP contribution is -2.26. The number of unbranched alkanes of at least 4 members (excludes halogenated alkanes) is 3. The molecule has 1 saturated carbocycles. The second kappa shape index (κ2) is 6.42. The molecule has 13 heavy (non-hydrogen) atoms. The van der Waals surface area contributed by atoms with Crippen molar-refractivity contribution in [3.8, 4) is 0 Å². The molecule has 1 aliphatic carbocycles. The zero-order chi connectivity index (χ0) is 9.52. The Hall–Kier alpha value is -0.0400. The third kappa shape index (κ3) is 4.66. The highest BCUT2D eigenvalue weighted by Gasteiger charge is 2.17. The average Bonchev–Trinajstić information content (AvgIpc) is 2.15. The lowest BCUT2D eigenvalue weighted by Gasteiger charge is -2.25. The van der Waals surface area contributed by atoms with Crippen LogP contribution in [0.15, 0.2) is 0 Å². The Morgan fingerprint density at radius 2 is 1.69 bits per heavy atom. The van der Waals surface area contributed by atoms with E-state index in [0.717, 1.165) is 5.92 Å². The van der Waals surface area contributed by atoms with Crippen molar-refractivity contribution in [2.75, 3.05) is 0 Å². The van der Waals surface area contributed by atoms with Gasteiger partial charge in [0.2, 0.25) is 0 Å². The largest absolute Gasteiger partial charge is 0.328 e. The maximum absolute atomic E-state index is 5.87. The standard InChI is InChI=1S/C12H25N/c1-2-3-4-5-6-11-7-9-12(13)10-8-11/h11-12H,2-10,13H2,1H3/t11-,12-. The van der Waals surface area contributed by atoms with Crippen molar-refractivity contribution >= 4 is 0 Å². The molecule has 0 aromatic rings. The number of hydrogen-bond donors (Lipinski definition) is 1. The van der Waals surface area contributed by atoms with Gasteiger partial charge in [0.15, 0.2) is 0 Å². The van der Waals surface area contributed by atoms with Crippen molar-refractivity contribution in [2.24, 2.45) is 11.7 Å². The summed E-state index contributed by atoms with van der Waals surface area (Å²) in [4.78, 5) is 0. The molecule has 78 valence electrons. The molecule has 0 bridgehead atoms. The van der Waals surface area contributed by atoms with Crippen molar-refractivity contribution in [3.05, 3.63) is 0 Å². The van der Waals surface area contributed by atoms with Crippen LogP contribution >= 0.6 is 0 Å². The van der Waals surface area contributed by atoms with Crippen LogP contribution in [0.1, 0.15) is 64.7 Å². The predicted octanol–water partition coefficient (Wildman–Crippen LogP) is 3.47. The minimum Gasteiger partial charge on any atom is -0.328 e. The first kappa shape index (κ1) is 11.0. The van der Waals surface area contributed by atoms with Crippen LogP contribution in [0.25, 0.3) is 0 Å². The van der Waals surface area contributed by atoms with Crippen molar-refractivity contribution < 1.29 is 0 Å². The highest BCUT2D eigenvalue weighted by atomic mass is 14.6. The summed E-state index contributed by atoms with van der Waals surface area (Å²) in [5, 5.41) is 0. The fourth-order valence-corrected chi connectivity index (χ4v) is 2.34. The van der Waals surface area contributed by atoms with Gasteiger partial charge in [0, 0.05) is 6.04 Å². The molecule has 1 fully saturated rings. The molecular formula is C12H25N. The summed E-state index contributed by atoms with van der Waals surface area (Å²) in [5.41, 5.74) is 5.87. The minimum absolute atomic E-state index is 0.520. The van der Waals surface area contributed by atoms with Gasteiger partial charge in [0.05, 0.1) is 0 Å². The molecule has 2 N–H and O–H groups in total. The Bertz CT molecular complexity index is 114. The molecule has 0 radical (unpaired) electrons. The molecule has 1 nitrogen and oxygen atoms in total. The van der Waals surface area contributed by atoms with E-state index in [0.29, 0.717) is 6.04 Å². The Morgan fingerprint density at radius 1 is 1.00 bits per heavy atom. The molecule has 0 saturated heterocycles. The first-order valence-corrected chi connectivity index (χ1v) is 6.08. The molecule has 0 aromatic carbocycles. The van der Waals surface area contributed by atoms with Crippen molar-refractivity contribution in [3.63, 3.8) is 0 Å². The Labute approximate surface area is 83.1 Å². The molecule has 0 aliphatic heterocycles. The van der Waals surface area contributed by atoms with E-state index in [1.807, 2.05) is 0 Å². The van der Waals surface area contributed by atoms with E-state index < -0.39 is 0 Å². The summed E-state index contributed by atoms with van der Waals surface area (Å²) in [5.74, 6) is 1.01. The summed E-state index contributed by atoms with van der Waals surface area (Å²) in [6, 6.07) is 0.520. The molecule has 0 aromatic heterocycles. The second-order valence-electron chi connectivity index (χ2n) is 4.63. The van der Waals surface area contributed by atoms with Crippen molar-refractivity contribution in [1.29, 1.82) is 0 Å². The maximum atomic E-state index is 5.87. The molecule has 0 amide bonds. The van der Waals surface area contributed by atoms with Gasteiger partial charge in [-0.2, -0.15) is 0 Å². The SMILES string of the molecule is CCCCCC[C@H]1CC[C@H](N)CC1. The summed E-state index contributed by atoms with van der Waals surface area (Å²) in [6.07, 6.45) is 12.5. The Balaban J connectivity index is 1.96. The lowest BCUT2D eigenvalue weighted by molar-refractivity contribution is 0.302. The van der Waals surface area contributed by atoms with Crippen LogP contribution in [0.4, 0.5) is 0 Å². The molecule has 0 spiro atoms. The lowest BCUT2D eigenvalue weighted by atomic mass is 9.83. The third-order valence-corrected chi connectivity index (χ3v) is 3.36.